The number of hydrogen-bond donors (Lipinski definition) is 2. The van der Waals surface area contributed by atoms with E-state index in [2.05, 4.69) is 16.6 Å². The van der Waals surface area contributed by atoms with E-state index in [0.717, 1.165) is 4.31 Å². The summed E-state index contributed by atoms with van der Waals surface area (Å²) in [7, 11) is -0.618. The molecular weight excluding hydrogens is 240 g/mol. The van der Waals surface area contributed by atoms with Gasteiger partial charge in [-0.15, -0.1) is 0 Å². The largest absolute Gasteiger partial charge is 0.384 e. The van der Waals surface area contributed by atoms with E-state index in [4.69, 9.17) is 5.11 Å². The van der Waals surface area contributed by atoms with Gasteiger partial charge in [0, 0.05) is 19.7 Å². The molecule has 0 aliphatic rings. The molecule has 0 saturated carbocycles. The Kier molecular flexibility index (Phi) is 4.52. The van der Waals surface area contributed by atoms with Gasteiger partial charge in [-0.1, -0.05) is 17.9 Å². The summed E-state index contributed by atoms with van der Waals surface area (Å²) in [5.74, 6) is 5.20. The molecule has 2 N–H and O–H groups in total. The summed E-state index contributed by atoms with van der Waals surface area (Å²) in [6, 6.07) is 6.65. The number of hydrogen-bond acceptors (Lipinski definition) is 3. The van der Waals surface area contributed by atoms with Crippen LogP contribution in [0.25, 0.3) is 0 Å². The second-order valence-electron chi connectivity index (χ2n) is 3.43. The summed E-state index contributed by atoms with van der Waals surface area (Å²) in [6.07, 6.45) is 0. The Hall–Kier alpha value is -1.55. The molecule has 17 heavy (non-hydrogen) atoms. The van der Waals surface area contributed by atoms with Crippen LogP contribution in [0.3, 0.4) is 0 Å². The Morgan fingerprint density at radius 1 is 1.41 bits per heavy atom. The number of rotatable bonds is 3. The maximum absolute atomic E-state index is 11.6. The van der Waals surface area contributed by atoms with Gasteiger partial charge in [0.05, 0.1) is 5.69 Å². The predicted molar refractivity (Wildman–Crippen MR) is 66.6 cm³/mol. The molecule has 0 heterocycles. The molecule has 0 aliphatic heterocycles. The third kappa shape index (κ3) is 4.07. The fraction of sp³-hybridized carbons (Fsp3) is 0.273. The van der Waals surface area contributed by atoms with Crippen LogP contribution in [0.4, 0.5) is 5.69 Å². The molecule has 0 fully saturated rings. The first-order valence-electron chi connectivity index (χ1n) is 4.86. The van der Waals surface area contributed by atoms with Crippen LogP contribution in [-0.4, -0.2) is 38.5 Å². The molecule has 5 nitrogen and oxygen atoms in total. The predicted octanol–water partition coefficient (Wildman–Crippen LogP) is 0.249. The van der Waals surface area contributed by atoms with Crippen LogP contribution in [0, 0.1) is 11.8 Å². The van der Waals surface area contributed by atoms with Crippen LogP contribution >= 0.6 is 0 Å². The van der Waals surface area contributed by atoms with Crippen molar-refractivity contribution in [2.75, 3.05) is 25.4 Å². The summed E-state index contributed by atoms with van der Waals surface area (Å²) in [6.45, 7) is -0.229. The standard InChI is InChI=1S/C11H14N2O3S/c1-13(2)17(15,16)12-11-7-3-5-10(9-11)6-4-8-14/h3,5,7,9,12,14H,8H2,1-2H3. The molecule has 1 rings (SSSR count). The summed E-state index contributed by atoms with van der Waals surface area (Å²) in [4.78, 5) is 0. The maximum atomic E-state index is 11.6. The molecule has 1 aromatic carbocycles. The lowest BCUT2D eigenvalue weighted by Gasteiger charge is -2.13. The van der Waals surface area contributed by atoms with E-state index in [1.165, 1.54) is 14.1 Å². The molecule has 92 valence electrons. The second kappa shape index (κ2) is 5.68. The zero-order chi connectivity index (χ0) is 12.9. The molecular formula is C11H14N2O3S. The van der Waals surface area contributed by atoms with Crippen molar-refractivity contribution in [2.45, 2.75) is 0 Å². The van der Waals surface area contributed by atoms with Gasteiger partial charge >= 0.3 is 10.2 Å². The Bertz CT molecular complexity index is 541. The van der Waals surface area contributed by atoms with Gasteiger partial charge in [0.25, 0.3) is 0 Å². The van der Waals surface area contributed by atoms with Gasteiger partial charge in [-0.2, -0.15) is 12.7 Å². The molecule has 6 heteroatoms. The monoisotopic (exact) mass is 254 g/mol. The highest BCUT2D eigenvalue weighted by atomic mass is 32.2. The van der Waals surface area contributed by atoms with Crippen LogP contribution in [0.15, 0.2) is 24.3 Å². The van der Waals surface area contributed by atoms with Crippen molar-refractivity contribution in [3.63, 3.8) is 0 Å². The lowest BCUT2D eigenvalue weighted by Crippen LogP contribution is -2.28. The molecule has 0 bridgehead atoms. The van der Waals surface area contributed by atoms with E-state index in [9.17, 15) is 8.42 Å². The van der Waals surface area contributed by atoms with Crippen molar-refractivity contribution in [2.24, 2.45) is 0 Å². The highest BCUT2D eigenvalue weighted by molar-refractivity contribution is 7.90. The van der Waals surface area contributed by atoms with Crippen LogP contribution in [0.5, 0.6) is 0 Å². The second-order valence-corrected chi connectivity index (χ2v) is 5.31. The fourth-order valence-corrected chi connectivity index (χ4v) is 1.65. The minimum absolute atomic E-state index is 0.229. The van der Waals surface area contributed by atoms with Gasteiger partial charge in [0.2, 0.25) is 0 Å². The summed E-state index contributed by atoms with van der Waals surface area (Å²) >= 11 is 0. The number of anilines is 1. The molecule has 0 spiro atoms. The van der Waals surface area contributed by atoms with Gasteiger partial charge in [0.1, 0.15) is 6.61 Å². The van der Waals surface area contributed by atoms with Crippen molar-refractivity contribution in [3.05, 3.63) is 29.8 Å². The highest BCUT2D eigenvalue weighted by Gasteiger charge is 2.12. The van der Waals surface area contributed by atoms with E-state index < -0.39 is 10.2 Å². The number of aliphatic hydroxyl groups excluding tert-OH is 1. The third-order valence-corrected chi connectivity index (χ3v) is 3.36. The smallest absolute Gasteiger partial charge is 0.301 e. The minimum atomic E-state index is -3.50. The zero-order valence-electron chi connectivity index (χ0n) is 9.64. The lowest BCUT2D eigenvalue weighted by atomic mass is 10.2. The molecule has 0 aliphatic carbocycles. The normalized spacial score (nSPS) is 10.8. The van der Waals surface area contributed by atoms with Gasteiger partial charge in [-0.05, 0) is 18.2 Å². The van der Waals surface area contributed by atoms with Crippen LogP contribution in [0.2, 0.25) is 0 Å². The molecule has 0 radical (unpaired) electrons. The summed E-state index contributed by atoms with van der Waals surface area (Å²) in [5, 5.41) is 8.56. The van der Waals surface area contributed by atoms with Crippen LogP contribution in [-0.2, 0) is 10.2 Å². The number of aliphatic hydroxyl groups is 1. The lowest BCUT2D eigenvalue weighted by molar-refractivity contribution is 0.350. The fourth-order valence-electron chi connectivity index (χ4n) is 1.04. The zero-order valence-corrected chi connectivity index (χ0v) is 10.5. The SMILES string of the molecule is CN(C)S(=O)(=O)Nc1cccc(C#CCO)c1. The first-order valence-corrected chi connectivity index (χ1v) is 6.30. The Morgan fingerprint density at radius 3 is 2.71 bits per heavy atom. The maximum Gasteiger partial charge on any atom is 0.301 e. The first kappa shape index (κ1) is 13.5. The molecule has 0 amide bonds. The number of benzene rings is 1. The van der Waals surface area contributed by atoms with Crippen molar-refractivity contribution < 1.29 is 13.5 Å². The van der Waals surface area contributed by atoms with Crippen molar-refractivity contribution >= 4 is 15.9 Å². The number of nitrogens with zero attached hydrogens (tertiary/aromatic N) is 1. The van der Waals surface area contributed by atoms with E-state index >= 15 is 0 Å². The third-order valence-electron chi connectivity index (χ3n) is 1.90. The van der Waals surface area contributed by atoms with Crippen molar-refractivity contribution in [1.82, 2.24) is 4.31 Å². The van der Waals surface area contributed by atoms with E-state index in [-0.39, 0.29) is 6.61 Å². The van der Waals surface area contributed by atoms with Gasteiger partial charge in [0.15, 0.2) is 0 Å². The topological polar surface area (TPSA) is 69.6 Å². The molecule has 0 aromatic heterocycles. The van der Waals surface area contributed by atoms with E-state index in [1.54, 1.807) is 24.3 Å². The molecule has 0 atom stereocenters. The molecule has 0 saturated heterocycles. The van der Waals surface area contributed by atoms with Crippen molar-refractivity contribution in [1.29, 1.82) is 0 Å². The van der Waals surface area contributed by atoms with Gasteiger partial charge in [-0.3, -0.25) is 4.72 Å². The summed E-state index contributed by atoms with van der Waals surface area (Å²) in [5.41, 5.74) is 1.07. The Morgan fingerprint density at radius 2 is 2.12 bits per heavy atom. The average Bonchev–Trinajstić information content (AvgIpc) is 2.26. The van der Waals surface area contributed by atoms with Gasteiger partial charge in [-0.25, -0.2) is 0 Å². The van der Waals surface area contributed by atoms with E-state index in [0.29, 0.717) is 11.3 Å². The van der Waals surface area contributed by atoms with Gasteiger partial charge < -0.3 is 5.11 Å². The first-order chi connectivity index (χ1) is 7.95. The summed E-state index contributed by atoms with van der Waals surface area (Å²) < 4.78 is 26.6. The van der Waals surface area contributed by atoms with Crippen LogP contribution < -0.4 is 4.72 Å². The highest BCUT2D eigenvalue weighted by Crippen LogP contribution is 2.12. The Labute approximate surface area is 101 Å². The number of nitrogens with one attached hydrogen (secondary N) is 1. The van der Waals surface area contributed by atoms with Crippen LogP contribution in [0.1, 0.15) is 5.56 Å². The van der Waals surface area contributed by atoms with E-state index in [1.807, 2.05) is 0 Å². The van der Waals surface area contributed by atoms with Crippen molar-refractivity contribution in [3.8, 4) is 11.8 Å². The molecule has 0 unspecified atom stereocenters. The molecule has 1 aromatic rings. The average molecular weight is 254 g/mol. The Balaban J connectivity index is 2.94. The quantitative estimate of drug-likeness (QED) is 0.760. The minimum Gasteiger partial charge on any atom is -0.384 e.